The molecule has 0 saturated heterocycles. The first kappa shape index (κ1) is 19.5. The number of aryl methyl sites for hydroxylation is 1. The van der Waals surface area contributed by atoms with E-state index in [-0.39, 0.29) is 25.2 Å². The van der Waals surface area contributed by atoms with Crippen molar-refractivity contribution in [1.82, 2.24) is 15.0 Å². The number of nitrogens with one attached hydrogen (secondary N) is 1. The third-order valence-electron chi connectivity index (χ3n) is 3.90. The summed E-state index contributed by atoms with van der Waals surface area (Å²) in [6.07, 6.45) is 1.74. The van der Waals surface area contributed by atoms with Crippen LogP contribution in [0.25, 0.3) is 11.0 Å². The van der Waals surface area contributed by atoms with Gasteiger partial charge in [-0.25, -0.2) is 4.98 Å². The third-order valence-corrected chi connectivity index (χ3v) is 5.06. The zero-order chi connectivity index (χ0) is 17.3. The van der Waals surface area contributed by atoms with E-state index in [1.54, 1.807) is 20.4 Å². The van der Waals surface area contributed by atoms with Gasteiger partial charge in [-0.3, -0.25) is 9.19 Å². The van der Waals surface area contributed by atoms with E-state index < -0.39 is 10.8 Å². The fourth-order valence-corrected chi connectivity index (χ4v) is 3.71. The van der Waals surface area contributed by atoms with E-state index in [0.29, 0.717) is 5.16 Å². The summed E-state index contributed by atoms with van der Waals surface area (Å²) >= 11 is 0. The number of hydrogen-bond donors (Lipinski definition) is 1. The summed E-state index contributed by atoms with van der Waals surface area (Å²) < 4.78 is 23.3. The summed E-state index contributed by atoms with van der Waals surface area (Å²) in [5, 5.41) is 0.430. The molecule has 0 bridgehead atoms. The van der Waals surface area contributed by atoms with Crippen LogP contribution in [-0.4, -0.2) is 33.4 Å². The molecule has 0 aliphatic heterocycles. The van der Waals surface area contributed by atoms with Crippen LogP contribution in [0.3, 0.4) is 0 Å². The number of H-pyrrole nitrogens is 1. The molecular formula is C17H19N3O3SZn+2. The number of rotatable bonds is 5. The Morgan fingerprint density at radius 1 is 1.20 bits per heavy atom. The first-order valence-corrected chi connectivity index (χ1v) is 8.76. The number of benzene rings is 1. The molecule has 8 heteroatoms. The minimum Gasteiger partial charge on any atom is -0.497 e. The second-order valence-corrected chi connectivity index (χ2v) is 6.83. The summed E-state index contributed by atoms with van der Waals surface area (Å²) in [5.74, 6) is 1.79. The maximum Gasteiger partial charge on any atom is 2.00 e. The van der Waals surface area contributed by atoms with Crippen LogP contribution < -0.4 is 9.47 Å². The van der Waals surface area contributed by atoms with Crippen LogP contribution in [0.1, 0.15) is 16.8 Å². The summed E-state index contributed by atoms with van der Waals surface area (Å²) in [6.45, 7) is 3.86. The van der Waals surface area contributed by atoms with Gasteiger partial charge in [0.25, 0.3) is 0 Å². The molecule has 0 aliphatic rings. The number of pyridine rings is 1. The predicted octanol–water partition coefficient (Wildman–Crippen LogP) is 2.90. The van der Waals surface area contributed by atoms with Gasteiger partial charge < -0.3 is 14.5 Å². The van der Waals surface area contributed by atoms with Gasteiger partial charge in [0.05, 0.1) is 47.5 Å². The smallest absolute Gasteiger partial charge is 0.497 e. The normalized spacial score (nSPS) is 11.8. The van der Waals surface area contributed by atoms with Gasteiger partial charge in [-0.1, -0.05) is 0 Å². The summed E-state index contributed by atoms with van der Waals surface area (Å²) in [4.78, 5) is 11.9. The summed E-state index contributed by atoms with van der Waals surface area (Å²) in [6, 6.07) is 5.50. The summed E-state index contributed by atoms with van der Waals surface area (Å²) in [5.41, 5.74) is 4.16. The quantitative estimate of drug-likeness (QED) is 0.654. The molecule has 6 nitrogen and oxygen atoms in total. The van der Waals surface area contributed by atoms with Gasteiger partial charge in [0, 0.05) is 23.4 Å². The predicted molar refractivity (Wildman–Crippen MR) is 93.0 cm³/mol. The third kappa shape index (κ3) is 3.90. The molecule has 1 aromatic carbocycles. The fourth-order valence-electron chi connectivity index (χ4n) is 2.61. The van der Waals surface area contributed by atoms with Crippen molar-refractivity contribution in [3.63, 3.8) is 0 Å². The van der Waals surface area contributed by atoms with Gasteiger partial charge in [-0.15, -0.1) is 0 Å². The number of nitrogens with zero attached hydrogens (tertiary/aromatic N) is 2. The Morgan fingerprint density at radius 2 is 1.96 bits per heavy atom. The van der Waals surface area contributed by atoms with Crippen molar-refractivity contribution in [2.45, 2.75) is 24.8 Å². The molecule has 3 aromatic rings. The molecule has 0 radical (unpaired) electrons. The molecule has 0 spiro atoms. The van der Waals surface area contributed by atoms with Crippen LogP contribution in [0, 0.1) is 13.8 Å². The van der Waals surface area contributed by atoms with E-state index in [4.69, 9.17) is 9.47 Å². The molecule has 1 N–H and O–H groups in total. The Hall–Kier alpha value is -1.79. The Bertz CT molecular complexity index is 927. The minimum atomic E-state index is -1.33. The van der Waals surface area contributed by atoms with Crippen LogP contribution in [0.15, 0.2) is 29.6 Å². The molecule has 126 valence electrons. The number of fused-ring (bicyclic) bond motifs is 1. The second-order valence-electron chi connectivity index (χ2n) is 5.46. The van der Waals surface area contributed by atoms with E-state index in [1.807, 2.05) is 32.0 Å². The van der Waals surface area contributed by atoms with Gasteiger partial charge in [0.15, 0.2) is 5.16 Å². The van der Waals surface area contributed by atoms with E-state index in [1.165, 1.54) is 0 Å². The monoisotopic (exact) mass is 409 g/mol. The van der Waals surface area contributed by atoms with E-state index >= 15 is 0 Å². The van der Waals surface area contributed by atoms with E-state index in [0.717, 1.165) is 39.4 Å². The zero-order valence-corrected chi connectivity index (χ0v) is 18.5. The summed E-state index contributed by atoms with van der Waals surface area (Å²) in [7, 11) is 1.91. The molecule has 0 aliphatic carbocycles. The average molecular weight is 411 g/mol. The first-order chi connectivity index (χ1) is 11.5. The van der Waals surface area contributed by atoms with Crippen molar-refractivity contribution in [2.75, 3.05) is 14.2 Å². The average Bonchev–Trinajstić information content (AvgIpc) is 3.01. The maximum absolute atomic E-state index is 12.7. The molecule has 1 atom stereocenters. The molecule has 0 unspecified atom stereocenters. The van der Waals surface area contributed by atoms with Crippen molar-refractivity contribution in [3.05, 3.63) is 41.2 Å². The zero-order valence-electron chi connectivity index (χ0n) is 14.8. The molecule has 2 aromatic heterocycles. The Balaban J connectivity index is 0.00000225. The van der Waals surface area contributed by atoms with Crippen LogP contribution >= 0.6 is 0 Å². The molecule has 0 saturated carbocycles. The largest absolute Gasteiger partial charge is 2.00 e. The first-order valence-electron chi connectivity index (χ1n) is 7.44. The van der Waals surface area contributed by atoms with E-state index in [2.05, 4.69) is 15.0 Å². The van der Waals surface area contributed by atoms with Crippen molar-refractivity contribution in [1.29, 1.82) is 0 Å². The van der Waals surface area contributed by atoms with E-state index in [9.17, 15) is 4.21 Å². The second kappa shape index (κ2) is 8.06. The molecule has 2 heterocycles. The number of ether oxygens (including phenoxy) is 2. The fraction of sp³-hybridized carbons (Fsp3) is 0.294. The molecule has 0 amide bonds. The van der Waals surface area contributed by atoms with Crippen molar-refractivity contribution in [3.8, 4) is 11.5 Å². The number of hydrogen-bond acceptors (Lipinski definition) is 5. The number of aromatic nitrogens is 3. The Kier molecular flexibility index (Phi) is 6.30. The topological polar surface area (TPSA) is 77.1 Å². The molecule has 3 rings (SSSR count). The van der Waals surface area contributed by atoms with Crippen LogP contribution in [-0.2, 0) is 36.0 Å². The van der Waals surface area contributed by atoms with Crippen LogP contribution in [0.4, 0.5) is 0 Å². The van der Waals surface area contributed by atoms with Gasteiger partial charge in [-0.05, 0) is 26.0 Å². The van der Waals surface area contributed by atoms with Gasteiger partial charge >= 0.3 is 19.5 Å². The van der Waals surface area contributed by atoms with Gasteiger partial charge in [-0.2, -0.15) is 0 Å². The molecular weight excluding hydrogens is 392 g/mol. The number of imidazole rings is 1. The Labute approximate surface area is 161 Å². The minimum absolute atomic E-state index is 0. The van der Waals surface area contributed by atoms with Crippen LogP contribution in [0.5, 0.6) is 11.5 Å². The number of aromatic amines is 1. The molecule has 25 heavy (non-hydrogen) atoms. The van der Waals surface area contributed by atoms with Gasteiger partial charge in [0.1, 0.15) is 11.5 Å². The number of methoxy groups -OCH3 is 2. The standard InChI is InChI=1S/C17H19N3O3S.Zn/c1-10-8-18-15(11(2)16(10)23-4)9-24(21)17-19-13-6-5-12(22-3)7-14(13)20-17;/h5-8H,9H2,1-4H3,(H,19,20);/q;+2/t24-;/m0./s1. The SMILES string of the molecule is COc1ccc2nc([S@@](=O)Cc3ncc(C)c(OC)c3C)[nH]c2c1.[Zn+2]. The Morgan fingerprint density at radius 3 is 2.64 bits per heavy atom. The van der Waals surface area contributed by atoms with Crippen molar-refractivity contribution in [2.24, 2.45) is 0 Å². The van der Waals surface area contributed by atoms with Gasteiger partial charge in [0.2, 0.25) is 0 Å². The van der Waals surface area contributed by atoms with Crippen molar-refractivity contribution < 1.29 is 33.2 Å². The van der Waals surface area contributed by atoms with Crippen molar-refractivity contribution >= 4 is 21.8 Å². The van der Waals surface area contributed by atoms with Crippen LogP contribution in [0.2, 0.25) is 0 Å². The maximum atomic E-state index is 12.7. The molecule has 0 fully saturated rings.